The van der Waals surface area contributed by atoms with Crippen molar-refractivity contribution in [3.8, 4) is 0 Å². The summed E-state index contributed by atoms with van der Waals surface area (Å²) in [5.74, 6) is -0.699. The molecule has 0 aromatic carbocycles. The van der Waals surface area contributed by atoms with Crippen molar-refractivity contribution in [2.45, 2.75) is 45.7 Å². The number of nitrogens with zero attached hydrogens (tertiary/aromatic N) is 3. The maximum absolute atomic E-state index is 11.9. The summed E-state index contributed by atoms with van der Waals surface area (Å²) < 4.78 is 7.22. The normalized spacial score (nSPS) is 15.2. The summed E-state index contributed by atoms with van der Waals surface area (Å²) in [4.78, 5) is 16.5. The van der Waals surface area contributed by atoms with Crippen molar-refractivity contribution >= 4 is 22.6 Å². The molecule has 0 radical (unpaired) electrons. The minimum absolute atomic E-state index is 0. The molecular weight excluding hydrogens is 478 g/mol. The Bertz CT molecular complexity index is 725. The van der Waals surface area contributed by atoms with E-state index in [1.165, 1.54) is 0 Å². The van der Waals surface area contributed by atoms with Crippen molar-refractivity contribution in [3.05, 3.63) is 23.2 Å². The molecule has 24 heavy (non-hydrogen) atoms. The predicted octanol–water partition coefficient (Wildman–Crippen LogP) is 2.79. The Morgan fingerprint density at radius 2 is 2.12 bits per heavy atom. The molecule has 0 unspecified atom stereocenters. The van der Waals surface area contributed by atoms with E-state index in [0.717, 1.165) is 23.9 Å². The molecule has 0 aliphatic carbocycles. The van der Waals surface area contributed by atoms with Gasteiger partial charge >= 0.3 is 0 Å². The van der Waals surface area contributed by atoms with Gasteiger partial charge in [0.2, 0.25) is 0 Å². The van der Waals surface area contributed by atoms with Crippen LogP contribution in [0.25, 0.3) is 16.8 Å². The Balaban J connectivity index is 0.00000208. The Hall–Kier alpha value is -1.46. The Labute approximate surface area is 155 Å². The summed E-state index contributed by atoms with van der Waals surface area (Å²) in [7, 11) is 0. The fraction of sp³-hybridized carbons (Fsp3) is 0.562. The number of hydrogen-bond acceptors (Lipinski definition) is 5. The van der Waals surface area contributed by atoms with Gasteiger partial charge < -0.3 is 20.6 Å². The molecule has 0 bridgehead atoms. The van der Waals surface area contributed by atoms with Gasteiger partial charge in [0.1, 0.15) is 0 Å². The molecule has 2 N–H and O–H groups in total. The zero-order valence-corrected chi connectivity index (χ0v) is 16.9. The number of carbonyl (C=O) groups is 1. The topological polar surface area (TPSA) is 92.8 Å². The van der Waals surface area contributed by atoms with E-state index in [4.69, 9.17) is 10.5 Å². The predicted molar refractivity (Wildman–Crippen MR) is 88.7 cm³/mol. The van der Waals surface area contributed by atoms with Gasteiger partial charge in [0.05, 0.1) is 28.9 Å². The average molecular weight is 500 g/mol. The average Bonchev–Trinajstić information content (AvgIpc) is 2.98. The molecule has 1 saturated heterocycles. The Morgan fingerprint density at radius 3 is 2.71 bits per heavy atom. The monoisotopic (exact) mass is 500 g/mol. The quantitative estimate of drug-likeness (QED) is 0.682. The SMILES string of the molecule is CCc1nc2c(cnn2CC)c(NC2CCOCC2)c1C([NH-])=O.[W]. The molecule has 0 atom stereocenters. The standard InChI is InChI=1S/C16H23N5O2.W/c1-3-12-13(15(17)22)14(19-10-5-7-23-8-6-10)11-9-18-21(4-2)16(11)20-12;/h9-10H,3-8H2,1-2H3,(H3,17,18,19,20,22);/p-1. The largest absolute Gasteiger partial charge is 0.663 e. The molecule has 2 aromatic heterocycles. The number of hydrogen-bond donors (Lipinski definition) is 1. The summed E-state index contributed by atoms with van der Waals surface area (Å²) in [5.41, 5.74) is 10.2. The van der Waals surface area contributed by atoms with Gasteiger partial charge in [-0.1, -0.05) is 6.92 Å². The van der Waals surface area contributed by atoms with Gasteiger partial charge in [-0.05, 0) is 26.2 Å². The van der Waals surface area contributed by atoms with Crippen molar-refractivity contribution < 1.29 is 30.6 Å². The van der Waals surface area contributed by atoms with Crippen LogP contribution < -0.4 is 5.32 Å². The van der Waals surface area contributed by atoms with Crippen LogP contribution in [0, 0.1) is 0 Å². The first kappa shape index (κ1) is 18.9. The van der Waals surface area contributed by atoms with Crippen molar-refractivity contribution in [2.75, 3.05) is 18.5 Å². The first-order valence-corrected chi connectivity index (χ1v) is 8.14. The molecule has 7 nitrogen and oxygen atoms in total. The van der Waals surface area contributed by atoms with E-state index in [0.29, 0.717) is 43.1 Å². The van der Waals surface area contributed by atoms with E-state index in [2.05, 4.69) is 15.4 Å². The number of amides is 1. The molecule has 1 amide bonds. The van der Waals surface area contributed by atoms with E-state index in [-0.39, 0.29) is 27.1 Å². The third-order valence-corrected chi connectivity index (χ3v) is 4.29. The number of aromatic nitrogens is 3. The fourth-order valence-corrected chi connectivity index (χ4v) is 3.06. The van der Waals surface area contributed by atoms with Crippen molar-refractivity contribution in [3.63, 3.8) is 0 Å². The first-order chi connectivity index (χ1) is 11.2. The summed E-state index contributed by atoms with van der Waals surface area (Å²) in [6.07, 6.45) is 4.12. The molecule has 1 aliphatic rings. The number of ether oxygens (including phenoxy) is 1. The molecule has 0 saturated carbocycles. The summed E-state index contributed by atoms with van der Waals surface area (Å²) >= 11 is 0. The summed E-state index contributed by atoms with van der Waals surface area (Å²) in [6, 6.07) is 0.238. The zero-order chi connectivity index (χ0) is 16.4. The molecule has 8 heteroatoms. The zero-order valence-electron chi connectivity index (χ0n) is 14.0. The van der Waals surface area contributed by atoms with Crippen LogP contribution >= 0.6 is 0 Å². The maximum atomic E-state index is 11.9. The van der Waals surface area contributed by atoms with E-state index < -0.39 is 5.91 Å². The summed E-state index contributed by atoms with van der Waals surface area (Å²) in [6.45, 7) is 6.10. The van der Waals surface area contributed by atoms with Crippen LogP contribution in [0.4, 0.5) is 5.69 Å². The Morgan fingerprint density at radius 1 is 1.42 bits per heavy atom. The van der Waals surface area contributed by atoms with E-state index in [9.17, 15) is 4.79 Å². The first-order valence-electron chi connectivity index (χ1n) is 8.14. The van der Waals surface area contributed by atoms with E-state index >= 15 is 0 Å². The second kappa shape index (κ2) is 8.08. The number of carbonyl (C=O) groups excluding carboxylic acids is 1. The number of pyridine rings is 1. The van der Waals surface area contributed by atoms with Crippen LogP contribution in [0.1, 0.15) is 42.7 Å². The van der Waals surface area contributed by atoms with Crippen LogP contribution in [-0.2, 0) is 38.8 Å². The number of rotatable bonds is 5. The van der Waals surface area contributed by atoms with E-state index in [1.807, 2.05) is 18.5 Å². The van der Waals surface area contributed by atoms with Crippen LogP contribution in [0.15, 0.2) is 6.20 Å². The molecule has 1 fully saturated rings. The number of nitrogens with one attached hydrogen (secondary N) is 2. The maximum Gasteiger partial charge on any atom is 0.160 e. The van der Waals surface area contributed by atoms with Crippen molar-refractivity contribution in [1.82, 2.24) is 14.8 Å². The second-order valence-corrected chi connectivity index (χ2v) is 5.72. The molecule has 130 valence electrons. The minimum Gasteiger partial charge on any atom is -0.663 e. The molecule has 1 aliphatic heterocycles. The molecule has 0 spiro atoms. The van der Waals surface area contributed by atoms with Gasteiger partial charge in [-0.2, -0.15) is 5.10 Å². The number of fused-ring (bicyclic) bond motifs is 1. The van der Waals surface area contributed by atoms with Gasteiger partial charge in [-0.25, -0.2) is 9.67 Å². The van der Waals surface area contributed by atoms with Gasteiger partial charge in [0.15, 0.2) is 5.65 Å². The van der Waals surface area contributed by atoms with Crippen molar-refractivity contribution in [2.24, 2.45) is 0 Å². The van der Waals surface area contributed by atoms with Crippen LogP contribution in [0.2, 0.25) is 0 Å². The van der Waals surface area contributed by atoms with Crippen LogP contribution in [-0.4, -0.2) is 39.9 Å². The molecule has 2 aromatic rings. The Kier molecular flexibility index (Phi) is 6.35. The third kappa shape index (κ3) is 3.47. The van der Waals surface area contributed by atoms with E-state index in [1.54, 1.807) is 6.20 Å². The molecule has 3 heterocycles. The van der Waals surface area contributed by atoms with Gasteiger partial charge in [-0.3, -0.25) is 0 Å². The third-order valence-electron chi connectivity index (χ3n) is 4.29. The second-order valence-electron chi connectivity index (χ2n) is 5.72. The number of anilines is 1. The minimum atomic E-state index is -0.699. The van der Waals surface area contributed by atoms with Gasteiger partial charge in [-0.15, -0.1) is 0 Å². The van der Waals surface area contributed by atoms with Gasteiger partial charge in [0.25, 0.3) is 0 Å². The molecule has 3 rings (SSSR count). The smallest absolute Gasteiger partial charge is 0.160 e. The number of aryl methyl sites for hydroxylation is 2. The van der Waals surface area contributed by atoms with Crippen LogP contribution in [0.5, 0.6) is 0 Å². The van der Waals surface area contributed by atoms with Crippen LogP contribution in [0.3, 0.4) is 0 Å². The fourth-order valence-electron chi connectivity index (χ4n) is 3.06. The van der Waals surface area contributed by atoms with Gasteiger partial charge in [0, 0.05) is 52.4 Å². The molecular formula is C16H22N5O2W-. The van der Waals surface area contributed by atoms with Crippen molar-refractivity contribution in [1.29, 1.82) is 0 Å². The summed E-state index contributed by atoms with van der Waals surface area (Å²) in [5, 5.41) is 8.64.